The maximum atomic E-state index is 13.1. The van der Waals surface area contributed by atoms with Crippen molar-refractivity contribution >= 4 is 11.8 Å². The Morgan fingerprint density at radius 3 is 2.26 bits per heavy atom. The summed E-state index contributed by atoms with van der Waals surface area (Å²) < 4.78 is 45.9. The van der Waals surface area contributed by atoms with Crippen LogP contribution in [0.4, 0.5) is 18.0 Å². The second-order valence-corrected chi connectivity index (χ2v) is 10.8. The number of carbonyl (C=O) groups excluding carboxylic acids is 1. The van der Waals surface area contributed by atoms with Crippen LogP contribution in [0, 0.1) is 5.41 Å². The van der Waals surface area contributed by atoms with Gasteiger partial charge in [0.15, 0.2) is 5.69 Å². The number of hydrogen-bond acceptors (Lipinski definition) is 5. The average molecular weight is 554 g/mol. The lowest BCUT2D eigenvalue weighted by molar-refractivity contribution is -0.141. The summed E-state index contributed by atoms with van der Waals surface area (Å²) in [7, 11) is 1.44. The van der Waals surface area contributed by atoms with Gasteiger partial charge in [0, 0.05) is 61.8 Å². The molecule has 1 fully saturated rings. The van der Waals surface area contributed by atoms with Crippen LogP contribution in [0.1, 0.15) is 72.1 Å². The van der Waals surface area contributed by atoms with E-state index in [1.54, 1.807) is 4.90 Å². The SMILES string of the molecule is C/C=C\C=C/CC.C=C(NCCNC(=C)C1(C)CCN(C(=O)OC(C)(C)C)CC1)c1cn(C)nc1C(F)(F)F. The summed E-state index contributed by atoms with van der Waals surface area (Å²) in [5.41, 5.74) is -0.751. The molecule has 0 aromatic carbocycles. The number of aryl methyl sites for hydroxylation is 1. The summed E-state index contributed by atoms with van der Waals surface area (Å²) in [6.45, 7) is 21.6. The van der Waals surface area contributed by atoms with Crippen molar-refractivity contribution in [3.05, 3.63) is 60.6 Å². The number of allylic oxidation sites excluding steroid dienone is 5. The molecule has 1 aromatic rings. The van der Waals surface area contributed by atoms with Crippen LogP contribution < -0.4 is 10.6 Å². The molecule has 1 aromatic heterocycles. The molecule has 0 saturated carbocycles. The van der Waals surface area contributed by atoms with Crippen molar-refractivity contribution in [2.45, 2.75) is 72.6 Å². The average Bonchev–Trinajstić information content (AvgIpc) is 3.24. The van der Waals surface area contributed by atoms with Crippen molar-refractivity contribution in [1.82, 2.24) is 25.3 Å². The molecule has 0 bridgehead atoms. The Hall–Kier alpha value is -3.17. The molecule has 1 saturated heterocycles. The zero-order valence-electron chi connectivity index (χ0n) is 24.5. The fraction of sp³-hybridized carbons (Fsp3) is 0.586. The van der Waals surface area contributed by atoms with Crippen molar-refractivity contribution in [1.29, 1.82) is 0 Å². The Morgan fingerprint density at radius 1 is 1.15 bits per heavy atom. The number of nitrogens with zero attached hydrogens (tertiary/aromatic N) is 3. The van der Waals surface area contributed by atoms with Gasteiger partial charge in [-0.3, -0.25) is 4.68 Å². The second-order valence-electron chi connectivity index (χ2n) is 10.8. The molecule has 10 heteroatoms. The van der Waals surface area contributed by atoms with Gasteiger partial charge in [-0.05, 0) is 47.0 Å². The van der Waals surface area contributed by atoms with E-state index in [1.165, 1.54) is 13.2 Å². The largest absolute Gasteiger partial charge is 0.444 e. The van der Waals surface area contributed by atoms with E-state index in [1.807, 2.05) is 39.8 Å². The minimum atomic E-state index is -4.55. The minimum absolute atomic E-state index is 0.0692. The topological polar surface area (TPSA) is 71.4 Å². The van der Waals surface area contributed by atoms with Crippen molar-refractivity contribution in [3.63, 3.8) is 0 Å². The van der Waals surface area contributed by atoms with E-state index < -0.39 is 17.5 Å². The van der Waals surface area contributed by atoms with Crippen LogP contribution in [0.15, 0.2) is 49.4 Å². The Bertz CT molecular complexity index is 1010. The fourth-order valence-electron chi connectivity index (χ4n) is 3.79. The molecule has 0 radical (unpaired) electrons. The summed E-state index contributed by atoms with van der Waals surface area (Å²) in [6.07, 6.45) is 7.28. The highest BCUT2D eigenvalue weighted by Crippen LogP contribution is 2.36. The molecule has 1 amide bonds. The lowest BCUT2D eigenvalue weighted by atomic mass is 9.78. The molecule has 1 aliphatic heterocycles. The van der Waals surface area contributed by atoms with Crippen LogP contribution >= 0.6 is 0 Å². The number of alkyl halides is 3. The van der Waals surface area contributed by atoms with Gasteiger partial charge in [-0.25, -0.2) is 4.79 Å². The molecule has 0 spiro atoms. The smallest absolute Gasteiger partial charge is 0.435 e. The van der Waals surface area contributed by atoms with Crippen molar-refractivity contribution in [2.75, 3.05) is 26.2 Å². The maximum Gasteiger partial charge on any atom is 0.435 e. The first kappa shape index (κ1) is 33.9. The monoisotopic (exact) mass is 553 g/mol. The molecule has 39 heavy (non-hydrogen) atoms. The summed E-state index contributed by atoms with van der Waals surface area (Å²) >= 11 is 0. The molecule has 0 atom stereocenters. The van der Waals surface area contributed by atoms with E-state index in [4.69, 9.17) is 4.74 Å². The Morgan fingerprint density at radius 2 is 1.74 bits per heavy atom. The molecule has 220 valence electrons. The third-order valence-corrected chi connectivity index (χ3v) is 6.15. The van der Waals surface area contributed by atoms with Gasteiger partial charge in [0.2, 0.25) is 0 Å². The number of rotatable bonds is 9. The lowest BCUT2D eigenvalue weighted by Gasteiger charge is -2.41. The van der Waals surface area contributed by atoms with E-state index in [0.717, 1.165) is 29.6 Å². The van der Waals surface area contributed by atoms with Gasteiger partial charge in [-0.1, -0.05) is 51.3 Å². The number of halogens is 3. The number of amides is 1. The van der Waals surface area contributed by atoms with Gasteiger partial charge in [0.05, 0.1) is 0 Å². The van der Waals surface area contributed by atoms with Gasteiger partial charge in [-0.2, -0.15) is 18.3 Å². The number of likely N-dealkylation sites (tertiary alicyclic amines) is 1. The lowest BCUT2D eigenvalue weighted by Crippen LogP contribution is -2.46. The van der Waals surface area contributed by atoms with Gasteiger partial charge in [0.25, 0.3) is 0 Å². The van der Waals surface area contributed by atoms with E-state index >= 15 is 0 Å². The summed E-state index contributed by atoms with van der Waals surface area (Å²) in [6, 6.07) is 0. The molecule has 2 rings (SSSR count). The number of hydrogen-bond donors (Lipinski definition) is 2. The minimum Gasteiger partial charge on any atom is -0.444 e. The van der Waals surface area contributed by atoms with Crippen molar-refractivity contribution < 1.29 is 22.7 Å². The van der Waals surface area contributed by atoms with E-state index in [9.17, 15) is 18.0 Å². The first-order chi connectivity index (χ1) is 18.0. The van der Waals surface area contributed by atoms with Crippen LogP contribution in [-0.4, -0.2) is 52.6 Å². The van der Waals surface area contributed by atoms with E-state index in [0.29, 0.717) is 26.2 Å². The molecule has 0 unspecified atom stereocenters. The van der Waals surface area contributed by atoms with Crippen molar-refractivity contribution in [3.8, 4) is 0 Å². The third-order valence-electron chi connectivity index (χ3n) is 6.15. The molecule has 7 nitrogen and oxygen atoms in total. The van der Waals surface area contributed by atoms with Crippen LogP contribution in [0.3, 0.4) is 0 Å². The summed E-state index contributed by atoms with van der Waals surface area (Å²) in [5, 5.41) is 9.67. The van der Waals surface area contributed by atoms with Gasteiger partial charge < -0.3 is 20.3 Å². The highest BCUT2D eigenvalue weighted by Gasteiger charge is 2.38. The van der Waals surface area contributed by atoms with Gasteiger partial charge >= 0.3 is 12.3 Å². The highest BCUT2D eigenvalue weighted by atomic mass is 19.4. The van der Waals surface area contributed by atoms with Gasteiger partial charge in [-0.15, -0.1) is 0 Å². The molecule has 2 N–H and O–H groups in total. The van der Waals surface area contributed by atoms with Crippen LogP contribution in [-0.2, 0) is 18.0 Å². The first-order valence-electron chi connectivity index (χ1n) is 13.3. The van der Waals surface area contributed by atoms with E-state index in [-0.39, 0.29) is 22.8 Å². The van der Waals surface area contributed by atoms with Crippen LogP contribution in [0.2, 0.25) is 0 Å². The number of piperidine rings is 1. The predicted octanol–water partition coefficient (Wildman–Crippen LogP) is 6.67. The molecule has 2 heterocycles. The number of carbonyl (C=O) groups is 1. The quantitative estimate of drug-likeness (QED) is 0.264. The molecular weight excluding hydrogens is 507 g/mol. The Labute approximate surface area is 231 Å². The van der Waals surface area contributed by atoms with Crippen molar-refractivity contribution in [2.24, 2.45) is 12.5 Å². The second kappa shape index (κ2) is 14.8. The maximum absolute atomic E-state index is 13.1. The van der Waals surface area contributed by atoms with Gasteiger partial charge in [0.1, 0.15) is 5.60 Å². The Balaban J connectivity index is 0.000000956. The number of nitrogens with one attached hydrogen (secondary N) is 2. The number of aromatic nitrogens is 2. The van der Waals surface area contributed by atoms with Crippen LogP contribution in [0.5, 0.6) is 0 Å². The standard InChI is InChI=1S/C22H34F3N5O2.C7H12/c1-15(17-14-29(7)28-18(17)22(23,24)25)26-10-11-27-16(2)21(6)8-12-30(13-9-21)19(31)32-20(3,4)5;1-3-5-7-6-4-2/h14,26-27H,1-2,8-13H2,3-7H3;3,5-7H,4H2,1-2H3/b;5-3-,7-6-. The zero-order chi connectivity index (χ0) is 29.9. The van der Waals surface area contributed by atoms with E-state index in [2.05, 4.69) is 54.9 Å². The first-order valence-corrected chi connectivity index (χ1v) is 13.3. The molecular formula is C29H46F3N5O2. The summed E-state index contributed by atoms with van der Waals surface area (Å²) in [5.74, 6) is 0. The highest BCUT2D eigenvalue weighted by molar-refractivity contribution is 5.68. The zero-order valence-corrected chi connectivity index (χ0v) is 24.5. The molecule has 1 aliphatic rings. The predicted molar refractivity (Wildman–Crippen MR) is 152 cm³/mol. The van der Waals surface area contributed by atoms with Crippen LogP contribution in [0.25, 0.3) is 5.70 Å². The summed E-state index contributed by atoms with van der Waals surface area (Å²) in [4.78, 5) is 14.0. The molecule has 0 aliphatic carbocycles. The normalized spacial score (nSPS) is 15.6. The number of ether oxygens (including phenoxy) is 1. The Kier molecular flexibility index (Phi) is 12.9. The third kappa shape index (κ3) is 11.6. The fourth-order valence-corrected chi connectivity index (χ4v) is 3.79.